The summed E-state index contributed by atoms with van der Waals surface area (Å²) < 4.78 is 1.70. The topological polar surface area (TPSA) is 46.9 Å². The van der Waals surface area contributed by atoms with Gasteiger partial charge in [-0.3, -0.25) is 4.79 Å². The maximum Gasteiger partial charge on any atom is 0.269 e. The molecule has 4 nitrogen and oxygen atoms in total. The number of carbonyl (C=O) groups is 1. The summed E-state index contributed by atoms with van der Waals surface area (Å²) in [4.78, 5) is 15.8. The smallest absolute Gasteiger partial charge is 0.269 e. The minimum Gasteiger partial charge on any atom is -0.347 e. The molecule has 2 rings (SSSR count). The van der Waals surface area contributed by atoms with Crippen LogP contribution in [0.2, 0.25) is 0 Å². The van der Waals surface area contributed by atoms with Crippen LogP contribution in [0.3, 0.4) is 0 Å². The second-order valence-corrected chi connectivity index (χ2v) is 4.58. The Labute approximate surface area is 114 Å². The summed E-state index contributed by atoms with van der Waals surface area (Å²) >= 11 is 3.40. The molecule has 0 unspecified atom stereocenters. The highest BCUT2D eigenvalue weighted by atomic mass is 79.9. The van der Waals surface area contributed by atoms with E-state index in [1.807, 2.05) is 24.3 Å². The third-order valence-electron chi connectivity index (χ3n) is 2.68. The van der Waals surface area contributed by atoms with E-state index in [9.17, 15) is 4.79 Å². The molecule has 1 amide bonds. The molecule has 0 fully saturated rings. The normalized spacial score (nSPS) is 10.3. The van der Waals surface area contributed by atoms with E-state index in [1.165, 1.54) is 5.56 Å². The fraction of sp³-hybridized carbons (Fsp3) is 0.231. The minimum absolute atomic E-state index is 0.112. The quantitative estimate of drug-likeness (QED) is 0.881. The number of benzene rings is 1. The Morgan fingerprint density at radius 3 is 2.56 bits per heavy atom. The van der Waals surface area contributed by atoms with Gasteiger partial charge < -0.3 is 9.88 Å². The molecule has 1 aromatic heterocycles. The van der Waals surface area contributed by atoms with E-state index in [0.717, 1.165) is 10.9 Å². The van der Waals surface area contributed by atoms with Crippen LogP contribution in [-0.4, -0.2) is 15.5 Å². The number of nitrogens with zero attached hydrogens (tertiary/aromatic N) is 2. The summed E-state index contributed by atoms with van der Waals surface area (Å²) in [5, 5.41) is 3.71. The van der Waals surface area contributed by atoms with Crippen molar-refractivity contribution in [2.75, 3.05) is 0 Å². The third kappa shape index (κ3) is 2.98. The molecule has 1 heterocycles. The van der Waals surface area contributed by atoms with Gasteiger partial charge in [-0.2, -0.15) is 0 Å². The van der Waals surface area contributed by atoms with Gasteiger partial charge in [0.2, 0.25) is 0 Å². The SMILES string of the molecule is Cn1cncc1C(=O)NCc1ccc(CBr)cc1. The number of halogens is 1. The van der Waals surface area contributed by atoms with Crippen molar-refractivity contribution in [1.29, 1.82) is 0 Å². The highest BCUT2D eigenvalue weighted by Crippen LogP contribution is 2.08. The molecule has 0 saturated carbocycles. The lowest BCUT2D eigenvalue weighted by Gasteiger charge is -2.06. The molecule has 0 aliphatic heterocycles. The predicted octanol–water partition coefficient (Wildman–Crippen LogP) is 2.25. The van der Waals surface area contributed by atoms with Gasteiger partial charge in [-0.1, -0.05) is 40.2 Å². The summed E-state index contributed by atoms with van der Waals surface area (Å²) in [7, 11) is 1.80. The highest BCUT2D eigenvalue weighted by molar-refractivity contribution is 9.08. The summed E-state index contributed by atoms with van der Waals surface area (Å²) in [6.45, 7) is 0.520. The van der Waals surface area contributed by atoms with Crippen molar-refractivity contribution in [2.45, 2.75) is 11.9 Å². The van der Waals surface area contributed by atoms with Crippen LogP contribution in [0.1, 0.15) is 21.6 Å². The number of amides is 1. The number of hydrogen-bond acceptors (Lipinski definition) is 2. The molecule has 1 N–H and O–H groups in total. The van der Waals surface area contributed by atoms with Crippen LogP contribution >= 0.6 is 15.9 Å². The van der Waals surface area contributed by atoms with Gasteiger partial charge in [-0.25, -0.2) is 4.98 Å². The van der Waals surface area contributed by atoms with Gasteiger partial charge in [0.25, 0.3) is 5.91 Å². The van der Waals surface area contributed by atoms with E-state index in [4.69, 9.17) is 0 Å². The van der Waals surface area contributed by atoms with Crippen molar-refractivity contribution in [2.24, 2.45) is 7.05 Å². The summed E-state index contributed by atoms with van der Waals surface area (Å²) in [6, 6.07) is 8.11. The molecule has 1 aromatic carbocycles. The van der Waals surface area contributed by atoms with Crippen LogP contribution in [0.25, 0.3) is 0 Å². The van der Waals surface area contributed by atoms with Crippen molar-refractivity contribution in [3.63, 3.8) is 0 Å². The van der Waals surface area contributed by atoms with Gasteiger partial charge >= 0.3 is 0 Å². The van der Waals surface area contributed by atoms with Crippen molar-refractivity contribution in [3.8, 4) is 0 Å². The Bertz CT molecular complexity index is 533. The number of imidazole rings is 1. The molecule has 0 saturated heterocycles. The summed E-state index contributed by atoms with van der Waals surface area (Å²) in [5.74, 6) is -0.112. The van der Waals surface area contributed by atoms with E-state index < -0.39 is 0 Å². The van der Waals surface area contributed by atoms with Crippen molar-refractivity contribution < 1.29 is 4.79 Å². The molecular weight excluding hydrogens is 294 g/mol. The van der Waals surface area contributed by atoms with Gasteiger partial charge in [0.05, 0.1) is 12.5 Å². The molecule has 0 atom stereocenters. The number of rotatable bonds is 4. The standard InChI is InChI=1S/C13H14BrN3O/c1-17-9-15-8-12(17)13(18)16-7-11-4-2-10(6-14)3-5-11/h2-5,8-9H,6-7H2,1H3,(H,16,18). The monoisotopic (exact) mass is 307 g/mol. The molecule has 5 heteroatoms. The minimum atomic E-state index is -0.112. The van der Waals surface area contributed by atoms with Crippen LogP contribution in [-0.2, 0) is 18.9 Å². The van der Waals surface area contributed by atoms with Gasteiger partial charge in [-0.15, -0.1) is 0 Å². The Morgan fingerprint density at radius 2 is 2.00 bits per heavy atom. The molecule has 0 spiro atoms. The van der Waals surface area contributed by atoms with Crippen LogP contribution in [0, 0.1) is 0 Å². The lowest BCUT2D eigenvalue weighted by Crippen LogP contribution is -2.24. The van der Waals surface area contributed by atoms with E-state index in [1.54, 1.807) is 24.1 Å². The molecule has 0 aliphatic carbocycles. The van der Waals surface area contributed by atoms with Crippen molar-refractivity contribution >= 4 is 21.8 Å². The average molecular weight is 308 g/mol. The average Bonchev–Trinajstić information content (AvgIpc) is 2.83. The molecule has 18 heavy (non-hydrogen) atoms. The highest BCUT2D eigenvalue weighted by Gasteiger charge is 2.08. The predicted molar refractivity (Wildman–Crippen MR) is 73.5 cm³/mol. The number of hydrogen-bond donors (Lipinski definition) is 1. The fourth-order valence-corrected chi connectivity index (χ4v) is 1.97. The Balaban J connectivity index is 1.95. The first-order chi connectivity index (χ1) is 8.70. The van der Waals surface area contributed by atoms with Gasteiger partial charge in [-0.05, 0) is 11.1 Å². The Hall–Kier alpha value is -1.62. The zero-order chi connectivity index (χ0) is 13.0. The lowest BCUT2D eigenvalue weighted by molar-refractivity contribution is 0.0943. The fourth-order valence-electron chi connectivity index (χ4n) is 1.60. The largest absolute Gasteiger partial charge is 0.347 e. The first-order valence-corrected chi connectivity index (χ1v) is 6.71. The molecule has 2 aromatic rings. The number of aromatic nitrogens is 2. The lowest BCUT2D eigenvalue weighted by atomic mass is 10.1. The first-order valence-electron chi connectivity index (χ1n) is 5.59. The zero-order valence-electron chi connectivity index (χ0n) is 10.1. The first kappa shape index (κ1) is 12.8. The second-order valence-electron chi connectivity index (χ2n) is 4.02. The summed E-state index contributed by atoms with van der Waals surface area (Å²) in [5.41, 5.74) is 2.86. The van der Waals surface area contributed by atoms with Gasteiger partial charge in [0, 0.05) is 18.9 Å². The third-order valence-corrected chi connectivity index (χ3v) is 3.33. The number of alkyl halides is 1. The second kappa shape index (κ2) is 5.82. The maximum absolute atomic E-state index is 11.8. The number of aryl methyl sites for hydroxylation is 1. The molecule has 0 radical (unpaired) electrons. The Morgan fingerprint density at radius 1 is 1.33 bits per heavy atom. The molecule has 94 valence electrons. The van der Waals surface area contributed by atoms with Crippen LogP contribution in [0.4, 0.5) is 0 Å². The van der Waals surface area contributed by atoms with E-state index in [-0.39, 0.29) is 5.91 Å². The van der Waals surface area contributed by atoms with E-state index in [2.05, 4.69) is 26.2 Å². The maximum atomic E-state index is 11.8. The van der Waals surface area contributed by atoms with E-state index in [0.29, 0.717) is 12.2 Å². The molecule has 0 aliphatic rings. The number of nitrogens with one attached hydrogen (secondary N) is 1. The van der Waals surface area contributed by atoms with Crippen LogP contribution in [0.5, 0.6) is 0 Å². The number of carbonyl (C=O) groups excluding carboxylic acids is 1. The van der Waals surface area contributed by atoms with Crippen molar-refractivity contribution in [1.82, 2.24) is 14.9 Å². The molecular formula is C13H14BrN3O. The zero-order valence-corrected chi connectivity index (χ0v) is 11.6. The Kier molecular flexibility index (Phi) is 4.15. The summed E-state index contributed by atoms with van der Waals surface area (Å²) in [6.07, 6.45) is 3.17. The van der Waals surface area contributed by atoms with Crippen LogP contribution < -0.4 is 5.32 Å². The van der Waals surface area contributed by atoms with Crippen LogP contribution in [0.15, 0.2) is 36.8 Å². The van der Waals surface area contributed by atoms with Gasteiger partial charge in [0.15, 0.2) is 0 Å². The van der Waals surface area contributed by atoms with Gasteiger partial charge in [0.1, 0.15) is 5.69 Å². The van der Waals surface area contributed by atoms with E-state index >= 15 is 0 Å². The molecule has 0 bridgehead atoms. The van der Waals surface area contributed by atoms with Crippen molar-refractivity contribution in [3.05, 3.63) is 53.6 Å².